The van der Waals surface area contributed by atoms with Crippen molar-refractivity contribution in [1.29, 1.82) is 0 Å². The first-order chi connectivity index (χ1) is 18.6. The highest BCUT2D eigenvalue weighted by Gasteiger charge is 2.25. The van der Waals surface area contributed by atoms with Gasteiger partial charge in [-0.1, -0.05) is 42.5 Å². The van der Waals surface area contributed by atoms with Crippen molar-refractivity contribution in [2.45, 2.75) is 0 Å². The van der Waals surface area contributed by atoms with Crippen LogP contribution >= 0.6 is 0 Å². The van der Waals surface area contributed by atoms with E-state index in [-0.39, 0.29) is 5.91 Å². The number of amides is 2. The third kappa shape index (κ3) is 6.05. The van der Waals surface area contributed by atoms with Crippen molar-refractivity contribution in [3.63, 3.8) is 0 Å². The average Bonchev–Trinajstić information content (AvgIpc) is 2.97. The predicted molar refractivity (Wildman–Crippen MR) is 149 cm³/mol. The van der Waals surface area contributed by atoms with E-state index < -0.39 is 14.5 Å². The standard InChI is InChI=1S/C28H27N6O3Si/c29-27(36)38(24-4-2-1-3-5-24)33-26(35)21-8-6-20(7-9-21)25-14-15-30-28(32-25)31-22-10-12-23(13-11-22)34-16-18-37-19-17-34/h1-15H,16-19H2,(H2,29,36)(H,33,35)(H,30,31,32). The second kappa shape index (κ2) is 11.7. The van der Waals surface area contributed by atoms with Crippen LogP contribution in [0.15, 0.2) is 91.1 Å². The number of carbonyl (C=O) groups is 2. The van der Waals surface area contributed by atoms with Crippen LogP contribution < -0.4 is 26.1 Å². The number of nitrogens with zero attached hydrogens (tertiary/aromatic N) is 3. The highest BCUT2D eigenvalue weighted by Crippen LogP contribution is 2.23. The minimum atomic E-state index is -2.09. The monoisotopic (exact) mass is 523 g/mol. The summed E-state index contributed by atoms with van der Waals surface area (Å²) in [5.41, 5.74) is 9.07. The van der Waals surface area contributed by atoms with Crippen molar-refractivity contribution >= 4 is 42.9 Å². The minimum absolute atomic E-state index is 0.348. The van der Waals surface area contributed by atoms with Gasteiger partial charge in [-0.25, -0.2) is 9.97 Å². The fraction of sp³-hybridized carbons (Fsp3) is 0.143. The molecule has 4 aromatic rings. The Bertz CT molecular complexity index is 1390. The number of ether oxygens (including phenoxy) is 1. The highest BCUT2D eigenvalue weighted by molar-refractivity contribution is 6.98. The van der Waals surface area contributed by atoms with Gasteiger partial charge in [0.1, 0.15) is 0 Å². The molecule has 38 heavy (non-hydrogen) atoms. The summed E-state index contributed by atoms with van der Waals surface area (Å²) in [7, 11) is -2.09. The van der Waals surface area contributed by atoms with Crippen LogP contribution in [0.2, 0.25) is 0 Å². The number of nitrogens with two attached hydrogens (primary N) is 1. The first-order valence-electron chi connectivity index (χ1n) is 12.2. The summed E-state index contributed by atoms with van der Waals surface area (Å²) in [5, 5.41) is 3.98. The summed E-state index contributed by atoms with van der Waals surface area (Å²) >= 11 is 0. The molecule has 1 radical (unpaired) electrons. The lowest BCUT2D eigenvalue weighted by Crippen LogP contribution is -2.56. The molecule has 10 heteroatoms. The summed E-state index contributed by atoms with van der Waals surface area (Å²) in [6, 6.07) is 26.1. The number of nitrogens with one attached hydrogen (secondary N) is 2. The van der Waals surface area contributed by atoms with Gasteiger partial charge < -0.3 is 25.7 Å². The summed E-state index contributed by atoms with van der Waals surface area (Å²) in [5.74, 6) is 0.124. The van der Waals surface area contributed by atoms with E-state index in [1.165, 1.54) is 0 Å². The third-order valence-electron chi connectivity index (χ3n) is 6.15. The van der Waals surface area contributed by atoms with Crippen molar-refractivity contribution in [3.05, 3.63) is 96.7 Å². The van der Waals surface area contributed by atoms with Crippen molar-refractivity contribution in [1.82, 2.24) is 15.0 Å². The van der Waals surface area contributed by atoms with E-state index in [4.69, 9.17) is 10.5 Å². The van der Waals surface area contributed by atoms with Gasteiger partial charge >= 0.3 is 8.96 Å². The van der Waals surface area contributed by atoms with Crippen LogP contribution in [-0.2, 0) is 4.74 Å². The number of aromatic nitrogens is 2. The molecule has 1 fully saturated rings. The Morgan fingerprint density at radius 2 is 1.61 bits per heavy atom. The van der Waals surface area contributed by atoms with Crippen LogP contribution in [0, 0.1) is 0 Å². The van der Waals surface area contributed by atoms with Gasteiger partial charge in [-0.15, -0.1) is 0 Å². The number of hydrogen-bond donors (Lipinski definition) is 3. The van der Waals surface area contributed by atoms with Crippen LogP contribution in [-0.4, -0.2) is 56.7 Å². The maximum absolute atomic E-state index is 12.8. The largest absolute Gasteiger partial charge is 0.378 e. The summed E-state index contributed by atoms with van der Waals surface area (Å²) in [4.78, 5) is 38.9. The molecule has 4 N–H and O–H groups in total. The van der Waals surface area contributed by atoms with Gasteiger partial charge in [-0.05, 0) is 47.7 Å². The molecule has 2 amide bonds. The Labute approximate surface area is 222 Å². The number of rotatable bonds is 8. The Balaban J connectivity index is 1.25. The van der Waals surface area contributed by atoms with Gasteiger partial charge in [0, 0.05) is 41.8 Å². The van der Waals surface area contributed by atoms with E-state index in [9.17, 15) is 9.59 Å². The molecule has 1 aromatic heterocycles. The number of anilines is 3. The van der Waals surface area contributed by atoms with Crippen LogP contribution in [0.1, 0.15) is 10.4 Å². The zero-order chi connectivity index (χ0) is 26.3. The second-order valence-electron chi connectivity index (χ2n) is 8.67. The van der Waals surface area contributed by atoms with Crippen molar-refractivity contribution < 1.29 is 14.3 Å². The highest BCUT2D eigenvalue weighted by atomic mass is 28.3. The van der Waals surface area contributed by atoms with E-state index in [0.717, 1.165) is 48.4 Å². The molecule has 0 aliphatic carbocycles. The van der Waals surface area contributed by atoms with E-state index in [0.29, 0.717) is 17.2 Å². The average molecular weight is 524 g/mol. The zero-order valence-electron chi connectivity index (χ0n) is 20.6. The van der Waals surface area contributed by atoms with Gasteiger partial charge in [0.25, 0.3) is 0 Å². The first-order valence-corrected chi connectivity index (χ1v) is 13.7. The summed E-state index contributed by atoms with van der Waals surface area (Å²) in [6.07, 6.45) is 1.69. The molecule has 1 aliphatic rings. The lowest BCUT2D eigenvalue weighted by atomic mass is 10.1. The molecule has 1 aliphatic heterocycles. The minimum Gasteiger partial charge on any atom is -0.378 e. The molecule has 1 saturated heterocycles. The molecule has 3 aromatic carbocycles. The van der Waals surface area contributed by atoms with Crippen LogP contribution in [0.5, 0.6) is 0 Å². The fourth-order valence-electron chi connectivity index (χ4n) is 4.14. The van der Waals surface area contributed by atoms with Crippen molar-refractivity contribution in [2.75, 3.05) is 36.5 Å². The van der Waals surface area contributed by atoms with E-state index in [1.807, 2.05) is 48.5 Å². The summed E-state index contributed by atoms with van der Waals surface area (Å²) in [6.45, 7) is 3.27. The molecule has 191 valence electrons. The van der Waals surface area contributed by atoms with Gasteiger partial charge in [-0.2, -0.15) is 0 Å². The molecule has 0 bridgehead atoms. The van der Waals surface area contributed by atoms with E-state index >= 15 is 0 Å². The van der Waals surface area contributed by atoms with E-state index in [2.05, 4.69) is 37.3 Å². The van der Waals surface area contributed by atoms with Crippen molar-refractivity contribution in [3.8, 4) is 11.3 Å². The van der Waals surface area contributed by atoms with Crippen LogP contribution in [0.4, 0.5) is 22.1 Å². The Hall–Kier alpha value is -4.54. The Morgan fingerprint density at radius 1 is 0.895 bits per heavy atom. The molecular formula is C28H27N6O3Si. The summed E-state index contributed by atoms with van der Waals surface area (Å²) < 4.78 is 5.42. The Kier molecular flexibility index (Phi) is 7.72. The number of primary amides is 1. The number of carbonyl (C=O) groups excluding carboxylic acids is 2. The molecule has 9 nitrogen and oxygen atoms in total. The quantitative estimate of drug-likeness (QED) is 0.304. The molecule has 0 saturated carbocycles. The first kappa shape index (κ1) is 25.1. The number of benzene rings is 3. The topological polar surface area (TPSA) is 122 Å². The van der Waals surface area contributed by atoms with Gasteiger partial charge in [0.05, 0.1) is 18.9 Å². The molecule has 0 spiro atoms. The molecular weight excluding hydrogens is 496 g/mol. The van der Waals surface area contributed by atoms with Gasteiger partial charge in [0.15, 0.2) is 0 Å². The predicted octanol–water partition coefficient (Wildman–Crippen LogP) is 3.01. The fourth-order valence-corrected chi connectivity index (χ4v) is 5.59. The molecule has 5 rings (SSSR count). The third-order valence-corrected chi connectivity index (χ3v) is 8.03. The SMILES string of the molecule is NC(=O)[Si](NC(=O)c1ccc(-c2ccnc(Nc3ccc(N4CCOCC4)cc3)n2)cc1)c1ccccc1. The normalized spacial score (nSPS) is 13.2. The lowest BCUT2D eigenvalue weighted by Gasteiger charge is -2.28. The van der Waals surface area contributed by atoms with Gasteiger partial charge in [0.2, 0.25) is 17.4 Å². The number of morpholine rings is 1. The Morgan fingerprint density at radius 3 is 2.29 bits per heavy atom. The maximum Gasteiger partial charge on any atom is 0.316 e. The zero-order valence-corrected chi connectivity index (χ0v) is 21.6. The van der Waals surface area contributed by atoms with E-state index in [1.54, 1.807) is 30.5 Å². The van der Waals surface area contributed by atoms with Crippen LogP contribution in [0.3, 0.4) is 0 Å². The smallest absolute Gasteiger partial charge is 0.316 e. The molecule has 2 heterocycles. The lowest BCUT2D eigenvalue weighted by molar-refractivity contribution is 0.0979. The second-order valence-corrected chi connectivity index (χ2v) is 10.7. The molecule has 0 atom stereocenters. The number of hydrogen-bond acceptors (Lipinski definition) is 7. The van der Waals surface area contributed by atoms with Gasteiger partial charge in [-0.3, -0.25) is 9.59 Å². The van der Waals surface area contributed by atoms with Crippen molar-refractivity contribution in [2.24, 2.45) is 5.73 Å². The molecule has 0 unspecified atom stereocenters. The maximum atomic E-state index is 12.8. The van der Waals surface area contributed by atoms with Crippen LogP contribution in [0.25, 0.3) is 11.3 Å².